The van der Waals surface area contributed by atoms with E-state index in [1.54, 1.807) is 0 Å². The second-order valence-electron chi connectivity index (χ2n) is 1.64. The molecule has 0 spiro atoms. The van der Waals surface area contributed by atoms with Gasteiger partial charge in [-0.25, -0.2) is 0 Å². The van der Waals surface area contributed by atoms with Gasteiger partial charge in [-0.15, -0.1) is 0 Å². The number of hydrogen-bond acceptors (Lipinski definition) is 2. The van der Waals surface area contributed by atoms with Crippen molar-refractivity contribution in [2.24, 2.45) is 0 Å². The SMILES string of the molecule is CCCCS(=O)(=O)O.[NH2-].[Na+]. The van der Waals surface area contributed by atoms with Gasteiger partial charge in [0.25, 0.3) is 10.1 Å². The number of nitrogens with two attached hydrogens (primary N) is 1. The Morgan fingerprint density at radius 1 is 1.40 bits per heavy atom. The molecule has 3 N–H and O–H groups in total. The zero-order chi connectivity index (χ0) is 6.62. The molecule has 0 unspecified atom stereocenters. The van der Waals surface area contributed by atoms with Gasteiger partial charge in [0.2, 0.25) is 0 Å². The van der Waals surface area contributed by atoms with Crippen molar-refractivity contribution in [3.63, 3.8) is 0 Å². The standard InChI is InChI=1S/C4H10O3S.H2N.Na/c1-2-3-4-8(5,6)7;;/h2-4H2,1H3,(H,5,6,7);1H2;/q;-1;+1. The Bertz CT molecular complexity index is 145. The molecule has 0 aliphatic heterocycles. The van der Waals surface area contributed by atoms with Crippen LogP contribution in [0, 0.1) is 0 Å². The summed E-state index contributed by atoms with van der Waals surface area (Å²) in [6, 6.07) is 0. The van der Waals surface area contributed by atoms with Gasteiger partial charge in [0, 0.05) is 0 Å². The fourth-order valence-electron chi connectivity index (χ4n) is 0.327. The van der Waals surface area contributed by atoms with Crippen molar-refractivity contribution < 1.29 is 42.5 Å². The minimum atomic E-state index is -3.69. The van der Waals surface area contributed by atoms with E-state index in [-0.39, 0.29) is 41.5 Å². The maximum atomic E-state index is 9.95. The van der Waals surface area contributed by atoms with Gasteiger partial charge in [-0.3, -0.25) is 4.55 Å². The van der Waals surface area contributed by atoms with Crippen molar-refractivity contribution >= 4 is 10.1 Å². The van der Waals surface area contributed by atoms with E-state index in [1.165, 1.54) is 0 Å². The summed E-state index contributed by atoms with van der Waals surface area (Å²) in [5.41, 5.74) is 0. The average molecular weight is 177 g/mol. The second-order valence-corrected chi connectivity index (χ2v) is 3.21. The molecule has 0 aromatic heterocycles. The van der Waals surface area contributed by atoms with Gasteiger partial charge < -0.3 is 6.15 Å². The summed E-state index contributed by atoms with van der Waals surface area (Å²) in [6.45, 7) is 1.87. The molecule has 0 aliphatic rings. The van der Waals surface area contributed by atoms with E-state index in [1.807, 2.05) is 6.92 Å². The fraction of sp³-hybridized carbons (Fsp3) is 1.00. The van der Waals surface area contributed by atoms with E-state index < -0.39 is 10.1 Å². The van der Waals surface area contributed by atoms with E-state index in [9.17, 15) is 8.42 Å². The zero-order valence-electron chi connectivity index (χ0n) is 6.37. The Morgan fingerprint density at radius 3 is 1.90 bits per heavy atom. The van der Waals surface area contributed by atoms with Gasteiger partial charge >= 0.3 is 29.6 Å². The van der Waals surface area contributed by atoms with Crippen LogP contribution in [0.3, 0.4) is 0 Å². The van der Waals surface area contributed by atoms with Gasteiger partial charge in [0.15, 0.2) is 0 Å². The first-order valence-corrected chi connectivity index (χ1v) is 4.12. The summed E-state index contributed by atoms with van der Waals surface area (Å²) >= 11 is 0. The Labute approximate surface area is 84.0 Å². The number of hydrogen-bond donors (Lipinski definition) is 1. The Kier molecular flexibility index (Phi) is 13.6. The average Bonchev–Trinajstić information content (AvgIpc) is 1.59. The van der Waals surface area contributed by atoms with Gasteiger partial charge in [0.1, 0.15) is 0 Å². The maximum Gasteiger partial charge on any atom is 1.00 e. The summed E-state index contributed by atoms with van der Waals surface area (Å²) < 4.78 is 28.0. The molecule has 0 aliphatic carbocycles. The van der Waals surface area contributed by atoms with Crippen LogP contribution in [0.2, 0.25) is 0 Å². The van der Waals surface area contributed by atoms with Crippen molar-refractivity contribution in [3.8, 4) is 0 Å². The molecule has 0 amide bonds. The maximum absolute atomic E-state index is 9.95. The first-order valence-electron chi connectivity index (χ1n) is 2.51. The fourth-order valence-corrected chi connectivity index (χ4v) is 0.980. The van der Waals surface area contributed by atoms with Crippen LogP contribution < -0.4 is 29.6 Å². The topological polar surface area (TPSA) is 87.9 Å². The van der Waals surface area contributed by atoms with Crippen molar-refractivity contribution in [2.75, 3.05) is 5.75 Å². The number of unbranched alkanes of at least 4 members (excludes halogenated alkanes) is 1. The van der Waals surface area contributed by atoms with Crippen molar-refractivity contribution in [3.05, 3.63) is 6.15 Å². The van der Waals surface area contributed by atoms with Crippen molar-refractivity contribution in [1.29, 1.82) is 0 Å². The second kappa shape index (κ2) is 7.97. The van der Waals surface area contributed by atoms with E-state index in [0.717, 1.165) is 6.42 Å². The van der Waals surface area contributed by atoms with E-state index in [0.29, 0.717) is 6.42 Å². The monoisotopic (exact) mass is 177 g/mol. The van der Waals surface area contributed by atoms with Crippen LogP contribution in [0.15, 0.2) is 0 Å². The summed E-state index contributed by atoms with van der Waals surface area (Å²) in [7, 11) is -3.69. The predicted octanol–water partition coefficient (Wildman–Crippen LogP) is -1.60. The van der Waals surface area contributed by atoms with Gasteiger partial charge in [-0.1, -0.05) is 13.3 Å². The van der Waals surface area contributed by atoms with E-state index in [4.69, 9.17) is 4.55 Å². The largest absolute Gasteiger partial charge is 1.00 e. The zero-order valence-corrected chi connectivity index (χ0v) is 9.19. The molecule has 0 aromatic carbocycles. The minimum absolute atomic E-state index is 0. The molecule has 0 radical (unpaired) electrons. The first kappa shape index (κ1) is 17.1. The molecule has 0 heterocycles. The number of rotatable bonds is 3. The Hall–Kier alpha value is 0.870. The summed E-state index contributed by atoms with van der Waals surface area (Å²) in [5.74, 6) is -0.108. The molecule has 0 bridgehead atoms. The molecule has 0 atom stereocenters. The molecule has 0 rings (SSSR count). The van der Waals surface area contributed by atoms with Gasteiger partial charge in [0.05, 0.1) is 5.75 Å². The molecule has 4 nitrogen and oxygen atoms in total. The molecule has 58 valence electrons. The van der Waals surface area contributed by atoms with Gasteiger partial charge in [-0.2, -0.15) is 8.42 Å². The van der Waals surface area contributed by atoms with E-state index >= 15 is 0 Å². The van der Waals surface area contributed by atoms with Crippen LogP contribution in [0.1, 0.15) is 19.8 Å². The third-order valence-corrected chi connectivity index (χ3v) is 1.56. The summed E-state index contributed by atoms with van der Waals surface area (Å²) in [4.78, 5) is 0. The van der Waals surface area contributed by atoms with Crippen LogP contribution in [0.25, 0.3) is 6.15 Å². The minimum Gasteiger partial charge on any atom is -0.693 e. The van der Waals surface area contributed by atoms with Crippen molar-refractivity contribution in [2.45, 2.75) is 19.8 Å². The molecule has 0 fully saturated rings. The van der Waals surface area contributed by atoms with Crippen LogP contribution >= 0.6 is 0 Å². The molecular formula is C4H12NNaO3S. The molecule has 0 saturated heterocycles. The summed E-state index contributed by atoms with van der Waals surface area (Å²) in [6.07, 6.45) is 1.33. The van der Waals surface area contributed by atoms with E-state index in [2.05, 4.69) is 0 Å². The third kappa shape index (κ3) is 15.9. The van der Waals surface area contributed by atoms with Crippen LogP contribution in [0.5, 0.6) is 0 Å². The predicted molar refractivity (Wildman–Crippen MR) is 36.6 cm³/mol. The van der Waals surface area contributed by atoms with Crippen LogP contribution in [0.4, 0.5) is 0 Å². The van der Waals surface area contributed by atoms with Crippen LogP contribution in [-0.2, 0) is 10.1 Å². The molecule has 0 saturated carbocycles. The van der Waals surface area contributed by atoms with Crippen molar-refractivity contribution in [1.82, 2.24) is 0 Å². The smallest absolute Gasteiger partial charge is 0.693 e. The quantitative estimate of drug-likeness (QED) is 0.415. The third-order valence-electron chi connectivity index (χ3n) is 0.756. The molecule has 10 heavy (non-hydrogen) atoms. The Balaban J connectivity index is -0.000000245. The Morgan fingerprint density at radius 2 is 1.80 bits per heavy atom. The molecule has 6 heteroatoms. The van der Waals surface area contributed by atoms with Crippen LogP contribution in [-0.4, -0.2) is 18.7 Å². The molecule has 0 aromatic rings. The first-order chi connectivity index (χ1) is 3.56. The molecular weight excluding hydrogens is 165 g/mol. The van der Waals surface area contributed by atoms with Gasteiger partial charge in [-0.05, 0) is 6.42 Å². The summed E-state index contributed by atoms with van der Waals surface area (Å²) in [5, 5.41) is 0. The normalized spacial score (nSPS) is 9.40.